The standard InChI is InChI=1S/C14H18BIO2/c1-13(2)14(3,4)18-15(17-13)10-9-11-5-7-12(16)8-6-11/h5-10H,1-4H3/b10-9-. The lowest BCUT2D eigenvalue weighted by atomic mass is 9.89. The molecule has 0 amide bonds. The van der Waals surface area contributed by atoms with Gasteiger partial charge in [-0.2, -0.15) is 0 Å². The first-order chi connectivity index (χ1) is 8.30. The normalized spacial score (nSPS) is 21.7. The zero-order chi connectivity index (χ0) is 13.4. The molecule has 0 N–H and O–H groups in total. The average Bonchev–Trinajstić information content (AvgIpc) is 2.47. The first kappa shape index (κ1) is 14.1. The van der Waals surface area contributed by atoms with Crippen molar-refractivity contribution in [3.8, 4) is 0 Å². The summed E-state index contributed by atoms with van der Waals surface area (Å²) >= 11 is 2.30. The summed E-state index contributed by atoms with van der Waals surface area (Å²) in [6.07, 6.45) is 2.04. The van der Waals surface area contributed by atoms with Gasteiger partial charge in [0.2, 0.25) is 0 Å². The molecule has 1 saturated heterocycles. The maximum atomic E-state index is 5.90. The van der Waals surface area contributed by atoms with E-state index < -0.39 is 0 Å². The number of benzene rings is 1. The minimum Gasteiger partial charge on any atom is -0.400 e. The monoisotopic (exact) mass is 356 g/mol. The molecule has 18 heavy (non-hydrogen) atoms. The molecule has 4 heteroatoms. The predicted molar refractivity (Wildman–Crippen MR) is 84.3 cm³/mol. The van der Waals surface area contributed by atoms with Gasteiger partial charge >= 0.3 is 7.12 Å². The molecule has 1 fully saturated rings. The van der Waals surface area contributed by atoms with Crippen molar-refractivity contribution in [3.63, 3.8) is 0 Å². The maximum Gasteiger partial charge on any atom is 0.487 e. The van der Waals surface area contributed by atoms with Gasteiger partial charge in [-0.1, -0.05) is 24.2 Å². The van der Waals surface area contributed by atoms with Crippen LogP contribution in [0.1, 0.15) is 33.3 Å². The second-order valence-corrected chi connectivity index (χ2v) is 6.78. The molecule has 0 spiro atoms. The molecule has 1 aliphatic rings. The summed E-state index contributed by atoms with van der Waals surface area (Å²) in [5.74, 6) is 1.97. The third kappa shape index (κ3) is 2.98. The summed E-state index contributed by atoms with van der Waals surface area (Å²) in [5, 5.41) is 0. The van der Waals surface area contributed by atoms with Gasteiger partial charge in [0.25, 0.3) is 0 Å². The molecule has 96 valence electrons. The molecule has 1 aromatic rings. The summed E-state index contributed by atoms with van der Waals surface area (Å²) in [6.45, 7) is 8.24. The Bertz CT molecular complexity index is 435. The van der Waals surface area contributed by atoms with Crippen LogP contribution in [0.2, 0.25) is 0 Å². The summed E-state index contributed by atoms with van der Waals surface area (Å²) in [6, 6.07) is 8.35. The van der Waals surface area contributed by atoms with E-state index in [2.05, 4.69) is 74.6 Å². The third-order valence-corrected chi connectivity index (χ3v) is 4.31. The van der Waals surface area contributed by atoms with E-state index in [4.69, 9.17) is 9.31 Å². The van der Waals surface area contributed by atoms with E-state index in [0.29, 0.717) is 0 Å². The van der Waals surface area contributed by atoms with Gasteiger partial charge in [0.1, 0.15) is 0 Å². The molecule has 1 aliphatic heterocycles. The van der Waals surface area contributed by atoms with Crippen molar-refractivity contribution in [3.05, 3.63) is 39.4 Å². The Labute approximate surface area is 123 Å². The van der Waals surface area contributed by atoms with Gasteiger partial charge in [-0.15, -0.1) is 0 Å². The highest BCUT2D eigenvalue weighted by atomic mass is 127. The number of hydrogen-bond donors (Lipinski definition) is 0. The van der Waals surface area contributed by atoms with Crippen LogP contribution in [-0.2, 0) is 9.31 Å². The highest BCUT2D eigenvalue weighted by Gasteiger charge is 2.49. The zero-order valence-electron chi connectivity index (χ0n) is 11.2. The van der Waals surface area contributed by atoms with Crippen LogP contribution in [-0.4, -0.2) is 18.3 Å². The van der Waals surface area contributed by atoms with E-state index in [1.807, 2.05) is 12.1 Å². The van der Waals surface area contributed by atoms with Crippen molar-refractivity contribution in [2.45, 2.75) is 38.9 Å². The zero-order valence-corrected chi connectivity index (χ0v) is 13.4. The largest absolute Gasteiger partial charge is 0.487 e. The van der Waals surface area contributed by atoms with Gasteiger partial charge in [0, 0.05) is 3.57 Å². The SMILES string of the molecule is CC1(C)OB(/C=C\c2ccc(I)cc2)OC1(C)C. The van der Waals surface area contributed by atoms with Gasteiger partial charge in [0.15, 0.2) is 0 Å². The van der Waals surface area contributed by atoms with E-state index in [1.54, 1.807) is 0 Å². The van der Waals surface area contributed by atoms with Crippen LogP contribution in [0.3, 0.4) is 0 Å². The van der Waals surface area contributed by atoms with E-state index in [1.165, 1.54) is 3.57 Å². The molecule has 1 heterocycles. The van der Waals surface area contributed by atoms with E-state index >= 15 is 0 Å². The summed E-state index contributed by atoms with van der Waals surface area (Å²) < 4.78 is 13.0. The minimum atomic E-state index is -0.270. The fourth-order valence-corrected chi connectivity index (χ4v) is 2.09. The first-order valence-electron chi connectivity index (χ1n) is 6.10. The van der Waals surface area contributed by atoms with Gasteiger partial charge in [0.05, 0.1) is 11.2 Å². The van der Waals surface area contributed by atoms with Crippen LogP contribution in [0.25, 0.3) is 6.08 Å². The Morgan fingerprint density at radius 3 is 2.00 bits per heavy atom. The molecule has 1 aromatic carbocycles. The van der Waals surface area contributed by atoms with Gasteiger partial charge in [-0.05, 0) is 68.0 Å². The van der Waals surface area contributed by atoms with Crippen LogP contribution >= 0.6 is 22.6 Å². The second kappa shape index (κ2) is 4.98. The molecular formula is C14H18BIO2. The van der Waals surface area contributed by atoms with E-state index in [0.717, 1.165) is 5.56 Å². The van der Waals surface area contributed by atoms with E-state index in [-0.39, 0.29) is 18.3 Å². The molecule has 2 nitrogen and oxygen atoms in total. The van der Waals surface area contributed by atoms with Gasteiger partial charge < -0.3 is 9.31 Å². The first-order valence-corrected chi connectivity index (χ1v) is 7.17. The molecule has 0 bridgehead atoms. The Morgan fingerprint density at radius 2 is 1.50 bits per heavy atom. The lowest BCUT2D eigenvalue weighted by Crippen LogP contribution is -2.41. The second-order valence-electron chi connectivity index (χ2n) is 5.54. The smallest absolute Gasteiger partial charge is 0.400 e. The summed E-state index contributed by atoms with van der Waals surface area (Å²) in [4.78, 5) is 0. The van der Waals surface area contributed by atoms with Crippen molar-refractivity contribution in [2.75, 3.05) is 0 Å². The van der Waals surface area contributed by atoms with Gasteiger partial charge in [-0.3, -0.25) is 0 Å². The topological polar surface area (TPSA) is 18.5 Å². The quantitative estimate of drug-likeness (QED) is 0.591. The molecule has 0 unspecified atom stereocenters. The Balaban J connectivity index is 2.06. The number of rotatable bonds is 2. The highest BCUT2D eigenvalue weighted by molar-refractivity contribution is 14.1. The predicted octanol–water partition coefficient (Wildman–Crippen LogP) is 3.94. The molecular weight excluding hydrogens is 338 g/mol. The lowest BCUT2D eigenvalue weighted by Gasteiger charge is -2.32. The van der Waals surface area contributed by atoms with Crippen LogP contribution < -0.4 is 0 Å². The minimum absolute atomic E-state index is 0.269. The fourth-order valence-electron chi connectivity index (χ4n) is 1.73. The van der Waals surface area contributed by atoms with Crippen molar-refractivity contribution < 1.29 is 9.31 Å². The van der Waals surface area contributed by atoms with Crippen LogP contribution in [0, 0.1) is 3.57 Å². The third-order valence-electron chi connectivity index (χ3n) is 3.59. The molecule has 0 aromatic heterocycles. The Kier molecular flexibility index (Phi) is 3.90. The van der Waals surface area contributed by atoms with Gasteiger partial charge in [-0.25, -0.2) is 0 Å². The van der Waals surface area contributed by atoms with Crippen molar-refractivity contribution in [1.82, 2.24) is 0 Å². The lowest BCUT2D eigenvalue weighted by molar-refractivity contribution is 0.00578. The summed E-state index contributed by atoms with van der Waals surface area (Å²) in [5.41, 5.74) is 0.618. The maximum absolute atomic E-state index is 5.90. The van der Waals surface area contributed by atoms with Crippen molar-refractivity contribution >= 4 is 35.8 Å². The van der Waals surface area contributed by atoms with Crippen molar-refractivity contribution in [2.24, 2.45) is 0 Å². The number of halogens is 1. The molecule has 2 rings (SSSR count). The Hall–Kier alpha value is -0.325. The van der Waals surface area contributed by atoms with Crippen LogP contribution in [0.4, 0.5) is 0 Å². The average molecular weight is 356 g/mol. The van der Waals surface area contributed by atoms with Crippen LogP contribution in [0.15, 0.2) is 30.2 Å². The van der Waals surface area contributed by atoms with Crippen LogP contribution in [0.5, 0.6) is 0 Å². The highest BCUT2D eigenvalue weighted by Crippen LogP contribution is 2.36. The molecule has 0 radical (unpaired) electrons. The summed E-state index contributed by atoms with van der Waals surface area (Å²) in [7, 11) is -0.269. The molecule has 0 aliphatic carbocycles. The molecule has 0 atom stereocenters. The van der Waals surface area contributed by atoms with Crippen molar-refractivity contribution in [1.29, 1.82) is 0 Å². The molecule has 0 saturated carbocycles. The Morgan fingerprint density at radius 1 is 1.00 bits per heavy atom. The number of hydrogen-bond acceptors (Lipinski definition) is 2. The van der Waals surface area contributed by atoms with E-state index in [9.17, 15) is 0 Å². The fraction of sp³-hybridized carbons (Fsp3) is 0.429.